The molecule has 0 aliphatic carbocycles. The summed E-state index contributed by atoms with van der Waals surface area (Å²) in [4.78, 5) is 2.28. The highest BCUT2D eigenvalue weighted by Crippen LogP contribution is 2.31. The van der Waals surface area contributed by atoms with Crippen LogP contribution in [0.25, 0.3) is 0 Å². The monoisotopic (exact) mass is 280 g/mol. The van der Waals surface area contributed by atoms with Gasteiger partial charge in [0.15, 0.2) is 0 Å². The lowest BCUT2D eigenvalue weighted by Gasteiger charge is -2.34. The van der Waals surface area contributed by atoms with Crippen LogP contribution in [0.15, 0.2) is 18.2 Å². The van der Waals surface area contributed by atoms with Crippen LogP contribution in [0, 0.1) is 12.7 Å². The summed E-state index contributed by atoms with van der Waals surface area (Å²) in [6.07, 6.45) is 3.16. The van der Waals surface area contributed by atoms with Crippen LogP contribution < -0.4 is 5.73 Å². The first-order chi connectivity index (χ1) is 9.63. The normalized spacial score (nSPS) is 24.6. The summed E-state index contributed by atoms with van der Waals surface area (Å²) < 4.78 is 19.4. The molecule has 1 aromatic rings. The summed E-state index contributed by atoms with van der Waals surface area (Å²) in [6, 6.07) is 5.22. The largest absolute Gasteiger partial charge is 0.383 e. The van der Waals surface area contributed by atoms with Crippen LogP contribution in [0.4, 0.5) is 4.39 Å². The lowest BCUT2D eigenvalue weighted by atomic mass is 9.94. The van der Waals surface area contributed by atoms with Crippen LogP contribution in [-0.2, 0) is 4.74 Å². The van der Waals surface area contributed by atoms with Gasteiger partial charge in [-0.15, -0.1) is 0 Å². The number of methoxy groups -OCH3 is 1. The minimum atomic E-state index is -0.152. The number of benzene rings is 1. The molecule has 0 spiro atoms. The van der Waals surface area contributed by atoms with Gasteiger partial charge in [0.25, 0.3) is 0 Å². The fourth-order valence-electron chi connectivity index (χ4n) is 3.04. The zero-order chi connectivity index (χ0) is 14.5. The molecular weight excluding hydrogens is 255 g/mol. The molecular formula is C16H25FN2O. The molecule has 0 saturated carbocycles. The SMILES string of the molecule is COCCN1CCCCC(N)C1c1cc(C)ccc1F. The number of hydrogen-bond donors (Lipinski definition) is 1. The van der Waals surface area contributed by atoms with E-state index in [9.17, 15) is 4.39 Å². The first kappa shape index (κ1) is 15.4. The quantitative estimate of drug-likeness (QED) is 0.921. The number of rotatable bonds is 4. The first-order valence-corrected chi connectivity index (χ1v) is 7.38. The topological polar surface area (TPSA) is 38.5 Å². The highest BCUT2D eigenvalue weighted by Gasteiger charge is 2.30. The second-order valence-corrected chi connectivity index (χ2v) is 5.66. The van der Waals surface area contributed by atoms with Crippen LogP contribution in [0.5, 0.6) is 0 Å². The summed E-state index contributed by atoms with van der Waals surface area (Å²) in [7, 11) is 1.69. The summed E-state index contributed by atoms with van der Waals surface area (Å²) in [6.45, 7) is 4.39. The smallest absolute Gasteiger partial charge is 0.128 e. The Morgan fingerprint density at radius 2 is 2.20 bits per heavy atom. The van der Waals surface area contributed by atoms with Gasteiger partial charge in [-0.1, -0.05) is 24.1 Å². The molecule has 112 valence electrons. The van der Waals surface area contributed by atoms with E-state index in [1.165, 1.54) is 0 Å². The standard InChI is InChI=1S/C16H25FN2O/c1-12-6-7-14(17)13(11-12)16-15(18)5-3-4-8-19(16)9-10-20-2/h6-7,11,15-16H,3-5,8-10,18H2,1-2H3. The lowest BCUT2D eigenvalue weighted by Crippen LogP contribution is -2.41. The number of likely N-dealkylation sites (tertiary alicyclic amines) is 1. The van der Waals surface area contributed by atoms with Gasteiger partial charge in [-0.3, -0.25) is 4.90 Å². The summed E-state index contributed by atoms with van der Waals surface area (Å²) >= 11 is 0. The van der Waals surface area contributed by atoms with Gasteiger partial charge in [-0.25, -0.2) is 4.39 Å². The molecule has 1 saturated heterocycles. The van der Waals surface area contributed by atoms with E-state index in [-0.39, 0.29) is 17.9 Å². The molecule has 1 heterocycles. The van der Waals surface area contributed by atoms with Gasteiger partial charge in [0.2, 0.25) is 0 Å². The van der Waals surface area contributed by atoms with E-state index in [1.54, 1.807) is 19.2 Å². The van der Waals surface area contributed by atoms with Gasteiger partial charge >= 0.3 is 0 Å². The van der Waals surface area contributed by atoms with Crippen molar-refractivity contribution in [3.05, 3.63) is 35.1 Å². The fraction of sp³-hybridized carbons (Fsp3) is 0.625. The van der Waals surface area contributed by atoms with E-state index in [2.05, 4.69) is 4.90 Å². The molecule has 0 bridgehead atoms. The van der Waals surface area contributed by atoms with Crippen molar-refractivity contribution in [1.82, 2.24) is 4.90 Å². The van der Waals surface area contributed by atoms with Crippen LogP contribution in [0.2, 0.25) is 0 Å². The Hall–Kier alpha value is -0.970. The summed E-state index contributed by atoms with van der Waals surface area (Å²) in [5.74, 6) is -0.152. The predicted molar refractivity (Wildman–Crippen MR) is 79.2 cm³/mol. The number of halogens is 1. The van der Waals surface area contributed by atoms with Crippen molar-refractivity contribution >= 4 is 0 Å². The third-order valence-corrected chi connectivity index (χ3v) is 4.08. The Labute approximate surface area is 120 Å². The Morgan fingerprint density at radius 3 is 2.95 bits per heavy atom. The fourth-order valence-corrected chi connectivity index (χ4v) is 3.04. The second kappa shape index (κ2) is 7.16. The number of aryl methyl sites for hydroxylation is 1. The van der Waals surface area contributed by atoms with Crippen molar-refractivity contribution < 1.29 is 9.13 Å². The van der Waals surface area contributed by atoms with E-state index in [0.717, 1.165) is 43.5 Å². The molecule has 20 heavy (non-hydrogen) atoms. The van der Waals surface area contributed by atoms with Crippen molar-refractivity contribution in [2.45, 2.75) is 38.3 Å². The molecule has 2 rings (SSSR count). The Morgan fingerprint density at radius 1 is 1.40 bits per heavy atom. The molecule has 0 aromatic heterocycles. The van der Waals surface area contributed by atoms with Crippen molar-refractivity contribution in [3.8, 4) is 0 Å². The maximum Gasteiger partial charge on any atom is 0.128 e. The van der Waals surface area contributed by atoms with E-state index >= 15 is 0 Å². The van der Waals surface area contributed by atoms with Gasteiger partial charge in [-0.05, 0) is 32.4 Å². The molecule has 1 aliphatic heterocycles. The van der Waals surface area contributed by atoms with Crippen molar-refractivity contribution in [1.29, 1.82) is 0 Å². The van der Waals surface area contributed by atoms with Crippen molar-refractivity contribution in [2.75, 3.05) is 26.8 Å². The molecule has 2 N–H and O–H groups in total. The molecule has 1 aliphatic rings. The minimum absolute atomic E-state index is 0.0225. The van der Waals surface area contributed by atoms with E-state index in [4.69, 9.17) is 10.5 Å². The van der Waals surface area contributed by atoms with Gasteiger partial charge in [-0.2, -0.15) is 0 Å². The molecule has 2 unspecified atom stereocenters. The zero-order valence-electron chi connectivity index (χ0n) is 12.4. The maximum absolute atomic E-state index is 14.2. The van der Waals surface area contributed by atoms with Crippen LogP contribution >= 0.6 is 0 Å². The molecule has 0 amide bonds. The predicted octanol–water partition coefficient (Wildman–Crippen LogP) is 2.63. The van der Waals surface area contributed by atoms with Crippen molar-refractivity contribution in [2.24, 2.45) is 5.73 Å². The van der Waals surface area contributed by atoms with E-state index in [1.807, 2.05) is 13.0 Å². The van der Waals surface area contributed by atoms with Gasteiger partial charge < -0.3 is 10.5 Å². The average Bonchev–Trinajstić information content (AvgIpc) is 2.61. The second-order valence-electron chi connectivity index (χ2n) is 5.66. The molecule has 1 aromatic carbocycles. The Balaban J connectivity index is 2.31. The van der Waals surface area contributed by atoms with Gasteiger partial charge in [0.05, 0.1) is 12.6 Å². The average molecular weight is 280 g/mol. The lowest BCUT2D eigenvalue weighted by molar-refractivity contribution is 0.113. The Bertz CT molecular complexity index is 438. The van der Waals surface area contributed by atoms with Crippen molar-refractivity contribution in [3.63, 3.8) is 0 Å². The number of nitrogens with two attached hydrogens (primary N) is 1. The molecule has 0 radical (unpaired) electrons. The third-order valence-electron chi connectivity index (χ3n) is 4.08. The van der Waals surface area contributed by atoms with Crippen LogP contribution in [0.3, 0.4) is 0 Å². The molecule has 1 fully saturated rings. The molecule has 4 heteroatoms. The molecule has 3 nitrogen and oxygen atoms in total. The maximum atomic E-state index is 14.2. The van der Waals surface area contributed by atoms with Crippen LogP contribution in [-0.4, -0.2) is 37.7 Å². The first-order valence-electron chi connectivity index (χ1n) is 7.38. The molecule has 2 atom stereocenters. The Kier molecular flexibility index (Phi) is 5.52. The third kappa shape index (κ3) is 3.57. The highest BCUT2D eigenvalue weighted by molar-refractivity contribution is 5.28. The number of hydrogen-bond acceptors (Lipinski definition) is 3. The van der Waals surface area contributed by atoms with E-state index < -0.39 is 0 Å². The zero-order valence-corrected chi connectivity index (χ0v) is 12.4. The van der Waals surface area contributed by atoms with Gasteiger partial charge in [0, 0.05) is 25.3 Å². The summed E-state index contributed by atoms with van der Waals surface area (Å²) in [5, 5.41) is 0. The number of ether oxygens (including phenoxy) is 1. The minimum Gasteiger partial charge on any atom is -0.383 e. The van der Waals surface area contributed by atoms with E-state index in [0.29, 0.717) is 6.61 Å². The van der Waals surface area contributed by atoms with Crippen LogP contribution in [0.1, 0.15) is 36.4 Å². The summed E-state index contributed by atoms with van der Waals surface area (Å²) in [5.41, 5.74) is 8.15. The number of nitrogens with zero attached hydrogens (tertiary/aromatic N) is 1. The van der Waals surface area contributed by atoms with Gasteiger partial charge in [0.1, 0.15) is 5.82 Å². The highest BCUT2D eigenvalue weighted by atomic mass is 19.1.